The van der Waals surface area contributed by atoms with E-state index in [1.807, 2.05) is 24.3 Å². The largest absolute Gasteiger partial charge is 0.396 e. The molecule has 98 valence electrons. The molecule has 2 nitrogen and oxygen atoms in total. The number of nitrogen functional groups attached to an aromatic ring is 1. The normalized spacial score (nSPS) is 10.6. The monoisotopic (exact) mass is 284 g/mol. The van der Waals surface area contributed by atoms with Crippen LogP contribution in [-0.4, -0.2) is 24.5 Å². The molecule has 0 spiro atoms. The predicted molar refractivity (Wildman–Crippen MR) is 81.4 cm³/mol. The van der Waals surface area contributed by atoms with Gasteiger partial charge in [-0.3, -0.25) is 4.90 Å². The second-order valence-electron chi connectivity index (χ2n) is 4.06. The maximum atomic E-state index is 6.00. The first-order valence-electron chi connectivity index (χ1n) is 5.76. The van der Waals surface area contributed by atoms with Crippen LogP contribution in [0, 0.1) is 0 Å². The van der Waals surface area contributed by atoms with Crippen LogP contribution in [0.1, 0.15) is 5.56 Å². The van der Waals surface area contributed by atoms with Crippen molar-refractivity contribution < 1.29 is 0 Å². The number of hydrogen-bond acceptors (Lipinski definition) is 2. The van der Waals surface area contributed by atoms with E-state index in [0.29, 0.717) is 15.7 Å². The Hall–Kier alpha value is -0.960. The number of halogens is 2. The van der Waals surface area contributed by atoms with Gasteiger partial charge < -0.3 is 5.73 Å². The molecule has 0 aromatic heterocycles. The van der Waals surface area contributed by atoms with Gasteiger partial charge in [0.1, 0.15) is 0 Å². The summed E-state index contributed by atoms with van der Waals surface area (Å²) in [5.74, 6) is 0. The Morgan fingerprint density at radius 2 is 1.61 bits per heavy atom. The van der Waals surface area contributed by atoms with E-state index < -0.39 is 0 Å². The summed E-state index contributed by atoms with van der Waals surface area (Å²) in [5.41, 5.74) is 7.22. The highest BCUT2D eigenvalue weighted by Gasteiger charge is 2.06. The Bertz CT molecular complexity index is 397. The summed E-state index contributed by atoms with van der Waals surface area (Å²) in [6.45, 7) is 10.1. The van der Waals surface area contributed by atoms with E-state index in [-0.39, 0.29) is 0 Å². The third-order valence-electron chi connectivity index (χ3n) is 2.63. The first kappa shape index (κ1) is 15.1. The molecule has 1 rings (SSSR count). The average Bonchev–Trinajstić information content (AvgIpc) is 2.33. The second-order valence-corrected chi connectivity index (χ2v) is 4.87. The Morgan fingerprint density at radius 3 is 2.06 bits per heavy atom. The second kappa shape index (κ2) is 7.47. The van der Waals surface area contributed by atoms with Crippen LogP contribution in [0.5, 0.6) is 0 Å². The molecule has 1 aromatic rings. The van der Waals surface area contributed by atoms with Crippen LogP contribution in [0.2, 0.25) is 10.0 Å². The van der Waals surface area contributed by atoms with Crippen molar-refractivity contribution in [2.45, 2.75) is 6.42 Å². The SMILES string of the molecule is C=CCN(CC=C)CCc1cc(Cl)c(N)c(Cl)c1. The minimum absolute atomic E-state index is 0.441. The predicted octanol–water partition coefficient (Wildman–Crippen LogP) is 3.79. The van der Waals surface area contributed by atoms with Gasteiger partial charge in [-0.2, -0.15) is 0 Å². The number of hydrogen-bond donors (Lipinski definition) is 1. The van der Waals surface area contributed by atoms with Gasteiger partial charge in [-0.05, 0) is 24.1 Å². The number of nitrogens with two attached hydrogens (primary N) is 1. The summed E-state index contributed by atoms with van der Waals surface area (Å²) in [7, 11) is 0. The molecule has 0 aliphatic rings. The lowest BCUT2D eigenvalue weighted by Crippen LogP contribution is -2.26. The molecule has 0 aliphatic heterocycles. The van der Waals surface area contributed by atoms with E-state index >= 15 is 0 Å². The van der Waals surface area contributed by atoms with Gasteiger partial charge in [0.05, 0.1) is 15.7 Å². The summed E-state index contributed by atoms with van der Waals surface area (Å²) >= 11 is 12.0. The van der Waals surface area contributed by atoms with Crippen LogP contribution < -0.4 is 5.73 Å². The Kier molecular flexibility index (Phi) is 6.27. The van der Waals surface area contributed by atoms with Gasteiger partial charge in [0.2, 0.25) is 0 Å². The first-order chi connectivity index (χ1) is 8.58. The van der Waals surface area contributed by atoms with E-state index in [9.17, 15) is 0 Å². The highest BCUT2D eigenvalue weighted by Crippen LogP contribution is 2.28. The van der Waals surface area contributed by atoms with Crippen LogP contribution in [0.25, 0.3) is 0 Å². The molecule has 18 heavy (non-hydrogen) atoms. The Balaban J connectivity index is 2.67. The topological polar surface area (TPSA) is 29.3 Å². The molecule has 0 saturated heterocycles. The molecule has 1 aromatic carbocycles. The standard InChI is InChI=1S/C14H18Cl2N2/c1-3-6-18(7-4-2)8-5-11-9-12(15)14(17)13(16)10-11/h3-4,9-10H,1-2,5-8,17H2. The quantitative estimate of drug-likeness (QED) is 0.610. The number of benzene rings is 1. The Labute approximate surface area is 119 Å². The van der Waals surface area contributed by atoms with Gasteiger partial charge >= 0.3 is 0 Å². The van der Waals surface area contributed by atoms with Gasteiger partial charge in [0, 0.05) is 19.6 Å². The lowest BCUT2D eigenvalue weighted by Gasteiger charge is -2.18. The summed E-state index contributed by atoms with van der Waals surface area (Å²) in [6, 6.07) is 3.73. The van der Waals surface area contributed by atoms with Crippen molar-refractivity contribution in [3.63, 3.8) is 0 Å². The van der Waals surface area contributed by atoms with E-state index in [1.165, 1.54) is 0 Å². The van der Waals surface area contributed by atoms with Crippen molar-refractivity contribution >= 4 is 28.9 Å². The molecule has 0 atom stereocenters. The molecule has 4 heteroatoms. The van der Waals surface area contributed by atoms with Crippen molar-refractivity contribution in [1.82, 2.24) is 4.90 Å². The molecule has 0 amide bonds. The minimum Gasteiger partial charge on any atom is -0.396 e. The van der Waals surface area contributed by atoms with Gasteiger partial charge in [-0.25, -0.2) is 0 Å². The zero-order valence-corrected chi connectivity index (χ0v) is 11.8. The number of anilines is 1. The van der Waals surface area contributed by atoms with Crippen LogP contribution in [-0.2, 0) is 6.42 Å². The maximum absolute atomic E-state index is 6.00. The summed E-state index contributed by atoms with van der Waals surface area (Å²) < 4.78 is 0. The Morgan fingerprint density at radius 1 is 1.11 bits per heavy atom. The van der Waals surface area contributed by atoms with E-state index in [2.05, 4.69) is 18.1 Å². The van der Waals surface area contributed by atoms with E-state index in [4.69, 9.17) is 28.9 Å². The number of rotatable bonds is 7. The minimum atomic E-state index is 0.441. The zero-order valence-electron chi connectivity index (χ0n) is 10.3. The highest BCUT2D eigenvalue weighted by atomic mass is 35.5. The number of nitrogens with zero attached hydrogens (tertiary/aromatic N) is 1. The fraction of sp³-hybridized carbons (Fsp3) is 0.286. The summed E-state index contributed by atoms with van der Waals surface area (Å²) in [6.07, 6.45) is 4.63. The lowest BCUT2D eigenvalue weighted by molar-refractivity contribution is 0.340. The highest BCUT2D eigenvalue weighted by molar-refractivity contribution is 6.38. The van der Waals surface area contributed by atoms with Crippen molar-refractivity contribution in [3.05, 3.63) is 53.1 Å². The van der Waals surface area contributed by atoms with Crippen LogP contribution >= 0.6 is 23.2 Å². The van der Waals surface area contributed by atoms with Crippen LogP contribution in [0.3, 0.4) is 0 Å². The molecule has 0 radical (unpaired) electrons. The molecule has 0 heterocycles. The fourth-order valence-electron chi connectivity index (χ4n) is 1.69. The zero-order chi connectivity index (χ0) is 13.5. The summed E-state index contributed by atoms with van der Waals surface area (Å²) in [4.78, 5) is 2.23. The third kappa shape index (κ3) is 4.37. The van der Waals surface area contributed by atoms with Gasteiger partial charge in [-0.1, -0.05) is 35.4 Å². The molecular formula is C14H18Cl2N2. The lowest BCUT2D eigenvalue weighted by atomic mass is 10.1. The molecule has 0 aliphatic carbocycles. The maximum Gasteiger partial charge on any atom is 0.0693 e. The van der Waals surface area contributed by atoms with Crippen molar-refractivity contribution in [1.29, 1.82) is 0 Å². The smallest absolute Gasteiger partial charge is 0.0693 e. The summed E-state index contributed by atoms with van der Waals surface area (Å²) in [5, 5.41) is 1.02. The molecule has 2 N–H and O–H groups in total. The average molecular weight is 285 g/mol. The van der Waals surface area contributed by atoms with Crippen molar-refractivity contribution in [3.8, 4) is 0 Å². The third-order valence-corrected chi connectivity index (χ3v) is 3.26. The molecule has 0 fully saturated rings. The van der Waals surface area contributed by atoms with Crippen molar-refractivity contribution in [2.24, 2.45) is 0 Å². The van der Waals surface area contributed by atoms with Gasteiger partial charge in [-0.15, -0.1) is 13.2 Å². The molecule has 0 unspecified atom stereocenters. The molecule has 0 saturated carbocycles. The van der Waals surface area contributed by atoms with Crippen molar-refractivity contribution in [2.75, 3.05) is 25.4 Å². The van der Waals surface area contributed by atoms with Crippen LogP contribution in [0.4, 0.5) is 5.69 Å². The van der Waals surface area contributed by atoms with Crippen LogP contribution in [0.15, 0.2) is 37.4 Å². The first-order valence-corrected chi connectivity index (χ1v) is 6.51. The van der Waals surface area contributed by atoms with Gasteiger partial charge in [0.25, 0.3) is 0 Å². The van der Waals surface area contributed by atoms with E-state index in [1.54, 1.807) is 0 Å². The fourth-order valence-corrected chi connectivity index (χ4v) is 2.22. The van der Waals surface area contributed by atoms with E-state index in [0.717, 1.165) is 31.6 Å². The molecule has 0 bridgehead atoms. The molecular weight excluding hydrogens is 267 g/mol. The van der Waals surface area contributed by atoms with Gasteiger partial charge in [0.15, 0.2) is 0 Å².